The van der Waals surface area contributed by atoms with Gasteiger partial charge in [-0.15, -0.1) is 11.3 Å². The second kappa shape index (κ2) is 6.71. The first kappa shape index (κ1) is 14.7. The highest BCUT2D eigenvalue weighted by molar-refractivity contribution is 7.12. The lowest BCUT2D eigenvalue weighted by atomic mass is 9.97. The molecule has 1 nitrogen and oxygen atoms in total. The summed E-state index contributed by atoms with van der Waals surface area (Å²) in [6.45, 7) is 3.15. The topological polar surface area (TPSA) is 12.0 Å². The number of rotatable bonds is 5. The molecule has 0 radical (unpaired) electrons. The second-order valence-corrected chi connectivity index (χ2v) is 6.91. The highest BCUT2D eigenvalue weighted by Gasteiger charge is 2.20. The Balaban J connectivity index is 1.91. The molecule has 0 saturated carbocycles. The van der Waals surface area contributed by atoms with Crippen LogP contribution in [-0.4, -0.2) is 6.54 Å². The average Bonchev–Trinajstić information content (AvgIpc) is 2.93. The van der Waals surface area contributed by atoms with Crippen LogP contribution in [0.25, 0.3) is 0 Å². The second-order valence-electron chi connectivity index (χ2n) is 5.74. The third kappa shape index (κ3) is 3.35. The van der Waals surface area contributed by atoms with Crippen molar-refractivity contribution in [1.29, 1.82) is 0 Å². The number of thiophene rings is 1. The van der Waals surface area contributed by atoms with Gasteiger partial charge in [0, 0.05) is 9.75 Å². The summed E-state index contributed by atoms with van der Waals surface area (Å²) in [6, 6.07) is 9.49. The monoisotopic (exact) mass is 303 g/mol. The Hall–Kier alpha value is -1.19. The maximum atomic E-state index is 13.2. The van der Waals surface area contributed by atoms with Crippen LogP contribution in [0.3, 0.4) is 0 Å². The van der Waals surface area contributed by atoms with Crippen molar-refractivity contribution < 1.29 is 4.39 Å². The van der Waals surface area contributed by atoms with E-state index in [-0.39, 0.29) is 11.9 Å². The van der Waals surface area contributed by atoms with Gasteiger partial charge in [-0.3, -0.25) is 0 Å². The SMILES string of the molecule is CCCNC(c1ccc(F)cc1)c1cc2c(s1)CCCC2. The molecule has 1 unspecified atom stereocenters. The number of hydrogen-bond acceptors (Lipinski definition) is 2. The van der Waals surface area contributed by atoms with E-state index in [1.165, 1.54) is 36.1 Å². The van der Waals surface area contributed by atoms with Crippen LogP contribution in [0.2, 0.25) is 0 Å². The van der Waals surface area contributed by atoms with Gasteiger partial charge in [0.25, 0.3) is 0 Å². The Kier molecular flexibility index (Phi) is 4.71. The highest BCUT2D eigenvalue weighted by Crippen LogP contribution is 2.35. The van der Waals surface area contributed by atoms with Gasteiger partial charge in [0.2, 0.25) is 0 Å². The third-order valence-electron chi connectivity index (χ3n) is 4.10. The van der Waals surface area contributed by atoms with E-state index in [0.29, 0.717) is 0 Å². The molecule has 0 saturated heterocycles. The lowest BCUT2D eigenvalue weighted by Crippen LogP contribution is -2.22. The molecule has 3 rings (SSSR count). The summed E-state index contributed by atoms with van der Waals surface area (Å²) in [5, 5.41) is 3.62. The van der Waals surface area contributed by atoms with Gasteiger partial charge < -0.3 is 5.32 Å². The lowest BCUT2D eigenvalue weighted by molar-refractivity contribution is 0.598. The summed E-state index contributed by atoms with van der Waals surface area (Å²) < 4.78 is 13.2. The maximum absolute atomic E-state index is 13.2. The van der Waals surface area contributed by atoms with Crippen LogP contribution in [0, 0.1) is 5.82 Å². The standard InChI is InChI=1S/C18H22FNS/c1-2-11-20-18(13-7-9-15(19)10-8-13)17-12-14-5-3-4-6-16(14)21-17/h7-10,12,18,20H,2-6,11H2,1H3. The molecule has 2 aromatic rings. The van der Waals surface area contributed by atoms with Gasteiger partial charge in [-0.2, -0.15) is 0 Å². The van der Waals surface area contributed by atoms with E-state index in [0.717, 1.165) is 18.5 Å². The number of nitrogens with one attached hydrogen (secondary N) is 1. The summed E-state index contributed by atoms with van der Waals surface area (Å²) in [5.74, 6) is -0.168. The normalized spacial score (nSPS) is 15.7. The van der Waals surface area contributed by atoms with Crippen molar-refractivity contribution >= 4 is 11.3 Å². The summed E-state index contributed by atoms with van der Waals surface area (Å²) in [4.78, 5) is 2.93. The van der Waals surface area contributed by atoms with Gasteiger partial charge in [0.05, 0.1) is 6.04 Å². The number of aryl methyl sites for hydroxylation is 2. The van der Waals surface area contributed by atoms with E-state index < -0.39 is 0 Å². The van der Waals surface area contributed by atoms with Crippen molar-refractivity contribution in [2.75, 3.05) is 6.54 Å². The average molecular weight is 303 g/mol. The number of hydrogen-bond donors (Lipinski definition) is 1. The molecular formula is C18H22FNS. The molecule has 21 heavy (non-hydrogen) atoms. The minimum absolute atomic E-state index is 0.168. The van der Waals surface area contributed by atoms with Crippen LogP contribution >= 0.6 is 11.3 Å². The number of benzene rings is 1. The fraction of sp³-hybridized carbons (Fsp3) is 0.444. The van der Waals surface area contributed by atoms with Crippen molar-refractivity contribution in [1.82, 2.24) is 5.32 Å². The van der Waals surface area contributed by atoms with E-state index in [2.05, 4.69) is 18.3 Å². The fourth-order valence-corrected chi connectivity index (χ4v) is 4.34. The van der Waals surface area contributed by atoms with E-state index >= 15 is 0 Å². The Labute approximate surface area is 130 Å². The molecule has 1 aliphatic carbocycles. The molecule has 1 heterocycles. The molecule has 0 spiro atoms. The summed E-state index contributed by atoms with van der Waals surface area (Å²) in [6.07, 6.45) is 6.17. The van der Waals surface area contributed by atoms with Crippen molar-refractivity contribution in [2.45, 2.75) is 45.1 Å². The molecule has 0 aliphatic heterocycles. The van der Waals surface area contributed by atoms with Crippen LogP contribution in [-0.2, 0) is 12.8 Å². The number of fused-ring (bicyclic) bond motifs is 1. The molecule has 3 heteroatoms. The smallest absolute Gasteiger partial charge is 0.123 e. The predicted octanol–water partition coefficient (Wildman–Crippen LogP) is 4.86. The maximum Gasteiger partial charge on any atom is 0.123 e. The van der Waals surface area contributed by atoms with Gasteiger partial charge >= 0.3 is 0 Å². The van der Waals surface area contributed by atoms with E-state index in [1.54, 1.807) is 17.0 Å². The van der Waals surface area contributed by atoms with Gasteiger partial charge in [-0.05, 0) is 68.0 Å². The Bertz CT molecular complexity index is 564. The number of halogens is 1. The van der Waals surface area contributed by atoms with Gasteiger partial charge in [-0.1, -0.05) is 19.1 Å². The zero-order valence-electron chi connectivity index (χ0n) is 12.5. The van der Waals surface area contributed by atoms with Crippen LogP contribution in [0.1, 0.15) is 53.1 Å². The first-order valence-corrected chi connectivity index (χ1v) is 8.70. The highest BCUT2D eigenvalue weighted by atomic mass is 32.1. The zero-order chi connectivity index (χ0) is 14.7. The summed E-state index contributed by atoms with van der Waals surface area (Å²) in [7, 11) is 0. The van der Waals surface area contributed by atoms with E-state index in [1.807, 2.05) is 23.5 Å². The molecule has 112 valence electrons. The molecular weight excluding hydrogens is 281 g/mol. The van der Waals surface area contributed by atoms with Crippen molar-refractivity contribution in [3.63, 3.8) is 0 Å². The molecule has 1 aromatic carbocycles. The molecule has 0 fully saturated rings. The van der Waals surface area contributed by atoms with Crippen LogP contribution < -0.4 is 5.32 Å². The first-order valence-electron chi connectivity index (χ1n) is 7.88. The predicted molar refractivity (Wildman–Crippen MR) is 87.5 cm³/mol. The fourth-order valence-electron chi connectivity index (χ4n) is 2.98. The zero-order valence-corrected chi connectivity index (χ0v) is 13.3. The molecule has 0 amide bonds. The summed E-state index contributed by atoms with van der Waals surface area (Å²) in [5.41, 5.74) is 2.69. The Morgan fingerprint density at radius 1 is 1.19 bits per heavy atom. The first-order chi connectivity index (χ1) is 10.3. The minimum atomic E-state index is -0.168. The Morgan fingerprint density at radius 3 is 2.67 bits per heavy atom. The molecule has 1 atom stereocenters. The summed E-state index contributed by atoms with van der Waals surface area (Å²) >= 11 is 1.94. The third-order valence-corrected chi connectivity index (χ3v) is 5.40. The van der Waals surface area contributed by atoms with Crippen LogP contribution in [0.5, 0.6) is 0 Å². The Morgan fingerprint density at radius 2 is 1.95 bits per heavy atom. The van der Waals surface area contributed by atoms with Crippen molar-refractivity contribution in [3.8, 4) is 0 Å². The minimum Gasteiger partial charge on any atom is -0.306 e. The molecule has 1 aliphatic rings. The lowest BCUT2D eigenvalue weighted by Gasteiger charge is -2.17. The van der Waals surface area contributed by atoms with E-state index in [9.17, 15) is 4.39 Å². The van der Waals surface area contributed by atoms with Crippen LogP contribution in [0.4, 0.5) is 4.39 Å². The van der Waals surface area contributed by atoms with Gasteiger partial charge in [0.1, 0.15) is 5.82 Å². The van der Waals surface area contributed by atoms with Crippen molar-refractivity contribution in [3.05, 3.63) is 57.0 Å². The van der Waals surface area contributed by atoms with Gasteiger partial charge in [0.15, 0.2) is 0 Å². The van der Waals surface area contributed by atoms with Crippen molar-refractivity contribution in [2.24, 2.45) is 0 Å². The van der Waals surface area contributed by atoms with E-state index in [4.69, 9.17) is 0 Å². The molecule has 1 aromatic heterocycles. The molecule has 0 bridgehead atoms. The largest absolute Gasteiger partial charge is 0.306 e. The van der Waals surface area contributed by atoms with Crippen LogP contribution in [0.15, 0.2) is 30.3 Å². The quantitative estimate of drug-likeness (QED) is 0.832. The molecule has 1 N–H and O–H groups in total. The van der Waals surface area contributed by atoms with Gasteiger partial charge in [-0.25, -0.2) is 4.39 Å².